The normalized spacial score (nSPS) is 13.8. The molecule has 1 unspecified atom stereocenters. The molecule has 0 spiro atoms. The third-order valence-electron chi connectivity index (χ3n) is 9.51. The second-order valence-corrected chi connectivity index (χ2v) is 14.5. The number of hydrogen-bond donors (Lipinski definition) is 2. The van der Waals surface area contributed by atoms with E-state index in [1.54, 1.807) is 42.5 Å². The molecule has 1 aliphatic heterocycles. The van der Waals surface area contributed by atoms with Gasteiger partial charge < -0.3 is 30.1 Å². The van der Waals surface area contributed by atoms with Crippen LogP contribution < -0.4 is 10.6 Å². The number of carbonyl (C=O) groups is 4. The van der Waals surface area contributed by atoms with E-state index >= 15 is 4.39 Å². The Labute approximate surface area is 340 Å². The summed E-state index contributed by atoms with van der Waals surface area (Å²) in [6.07, 6.45) is 4.16. The van der Waals surface area contributed by atoms with Crippen LogP contribution in [0, 0.1) is 5.82 Å². The van der Waals surface area contributed by atoms with Crippen molar-refractivity contribution in [3.63, 3.8) is 0 Å². The van der Waals surface area contributed by atoms with Gasteiger partial charge in [-0.15, -0.1) is 5.10 Å². The highest BCUT2D eigenvalue weighted by Crippen LogP contribution is 2.37. The van der Waals surface area contributed by atoms with Gasteiger partial charge in [-0.05, 0) is 122 Å². The van der Waals surface area contributed by atoms with Gasteiger partial charge in [-0.1, -0.05) is 41.9 Å². The number of fused-ring (bicyclic) bond motifs is 1. The number of tetrazole rings is 1. The van der Waals surface area contributed by atoms with Crippen molar-refractivity contribution in [3.8, 4) is 16.8 Å². The zero-order chi connectivity index (χ0) is 41.3. The Morgan fingerprint density at radius 2 is 1.66 bits per heavy atom. The fraction of sp³-hybridized carbons (Fsp3) is 0.262. The predicted molar refractivity (Wildman–Crippen MR) is 218 cm³/mol. The number of amides is 3. The van der Waals surface area contributed by atoms with Gasteiger partial charge >= 0.3 is 5.97 Å². The van der Waals surface area contributed by atoms with Gasteiger partial charge in [0.1, 0.15) is 19.0 Å². The van der Waals surface area contributed by atoms with E-state index in [1.807, 2.05) is 62.3 Å². The first-order valence-corrected chi connectivity index (χ1v) is 18.9. The molecule has 4 aromatic carbocycles. The minimum absolute atomic E-state index is 0.0241. The third-order valence-corrected chi connectivity index (χ3v) is 9.81. The van der Waals surface area contributed by atoms with E-state index in [1.165, 1.54) is 40.2 Å². The van der Waals surface area contributed by atoms with Crippen LogP contribution in [0.4, 0.5) is 10.1 Å². The van der Waals surface area contributed by atoms with E-state index in [9.17, 15) is 19.2 Å². The lowest BCUT2D eigenvalue weighted by Crippen LogP contribution is -2.45. The van der Waals surface area contributed by atoms with Crippen molar-refractivity contribution < 1.29 is 28.3 Å². The van der Waals surface area contributed by atoms with Gasteiger partial charge in [0.05, 0.1) is 16.3 Å². The number of likely N-dealkylation sites (N-methyl/N-ethyl adjacent to an activating group) is 2. The van der Waals surface area contributed by atoms with E-state index in [-0.39, 0.29) is 35.3 Å². The fourth-order valence-corrected chi connectivity index (χ4v) is 6.66. The lowest BCUT2D eigenvalue weighted by molar-refractivity contribution is -0.135. The van der Waals surface area contributed by atoms with Crippen LogP contribution in [0.25, 0.3) is 22.9 Å². The lowest BCUT2D eigenvalue weighted by Gasteiger charge is -2.37. The second-order valence-electron chi connectivity index (χ2n) is 14.1. The molecule has 0 saturated heterocycles. The van der Waals surface area contributed by atoms with Crippen LogP contribution in [-0.4, -0.2) is 120 Å². The van der Waals surface area contributed by atoms with E-state index in [2.05, 4.69) is 26.2 Å². The standard InChI is InChI=1S/C42H43ClFN9O5/c1-50(2)23-21-45-40(55)28-10-8-27(9-11-28)31-6-5-7-33-32(31)20-22-52(37(54)19-16-34-36(53-26-46-48-49-53)18-17-35(43)38(34)44)39(33)41(56)47-30-14-12-29(13-15-30)42(57)58-25-24-51(3)4/h5-19,26,39H,20-25H2,1-4H3,(H,45,55)(H,47,56)/b19-16+. The molecule has 0 saturated carbocycles. The molecule has 300 valence electrons. The quantitative estimate of drug-likeness (QED) is 0.117. The number of hydrogen-bond acceptors (Lipinski definition) is 10. The Morgan fingerprint density at radius 3 is 2.34 bits per heavy atom. The molecule has 0 bridgehead atoms. The molecule has 6 rings (SSSR count). The zero-order valence-electron chi connectivity index (χ0n) is 32.5. The zero-order valence-corrected chi connectivity index (χ0v) is 33.2. The highest BCUT2D eigenvalue weighted by Gasteiger charge is 2.36. The topological polar surface area (TPSA) is 155 Å². The number of halogens is 2. The Morgan fingerprint density at radius 1 is 0.931 bits per heavy atom. The number of anilines is 1. The summed E-state index contributed by atoms with van der Waals surface area (Å²) in [5.41, 5.74) is 4.59. The van der Waals surface area contributed by atoms with Gasteiger partial charge in [-0.25, -0.2) is 9.18 Å². The van der Waals surface area contributed by atoms with Crippen molar-refractivity contribution in [1.82, 2.24) is 40.2 Å². The molecule has 0 radical (unpaired) electrons. The molecule has 14 nitrogen and oxygen atoms in total. The van der Waals surface area contributed by atoms with Crippen LogP contribution in [0.5, 0.6) is 0 Å². The first-order chi connectivity index (χ1) is 27.9. The van der Waals surface area contributed by atoms with Crippen molar-refractivity contribution in [3.05, 3.63) is 130 Å². The summed E-state index contributed by atoms with van der Waals surface area (Å²) in [6, 6.07) is 20.9. The van der Waals surface area contributed by atoms with Gasteiger partial charge in [0, 0.05) is 49.1 Å². The maximum Gasteiger partial charge on any atom is 0.338 e. The number of rotatable bonds is 14. The van der Waals surface area contributed by atoms with Crippen LogP contribution in [0.3, 0.4) is 0 Å². The Bertz CT molecular complexity index is 2300. The van der Waals surface area contributed by atoms with Crippen LogP contribution in [-0.2, 0) is 20.7 Å². The number of aromatic nitrogens is 4. The van der Waals surface area contributed by atoms with E-state index in [0.717, 1.165) is 16.7 Å². The largest absolute Gasteiger partial charge is 0.461 e. The molecule has 58 heavy (non-hydrogen) atoms. The van der Waals surface area contributed by atoms with Gasteiger partial charge in [-0.2, -0.15) is 4.68 Å². The van der Waals surface area contributed by atoms with Gasteiger partial charge in [0.15, 0.2) is 5.82 Å². The fourth-order valence-electron chi connectivity index (χ4n) is 6.50. The van der Waals surface area contributed by atoms with Crippen LogP contribution in [0.15, 0.2) is 91.3 Å². The summed E-state index contributed by atoms with van der Waals surface area (Å²) in [5.74, 6) is -2.51. The van der Waals surface area contributed by atoms with E-state index in [4.69, 9.17) is 16.3 Å². The number of carbonyl (C=O) groups excluding carboxylic acids is 4. The first kappa shape index (κ1) is 41.3. The van der Waals surface area contributed by atoms with Crippen molar-refractivity contribution in [2.24, 2.45) is 0 Å². The average molecular weight is 808 g/mol. The molecule has 16 heteroatoms. The van der Waals surface area contributed by atoms with Gasteiger partial charge in [-0.3, -0.25) is 14.4 Å². The molecule has 1 atom stereocenters. The summed E-state index contributed by atoms with van der Waals surface area (Å²) in [7, 11) is 7.63. The molecule has 0 aliphatic carbocycles. The van der Waals surface area contributed by atoms with Crippen molar-refractivity contribution >= 4 is 47.1 Å². The molecule has 3 amide bonds. The molecule has 5 aromatic rings. The monoisotopic (exact) mass is 807 g/mol. The van der Waals surface area contributed by atoms with Crippen molar-refractivity contribution in [1.29, 1.82) is 0 Å². The summed E-state index contributed by atoms with van der Waals surface area (Å²) in [5, 5.41) is 16.8. The first-order valence-electron chi connectivity index (χ1n) is 18.5. The molecule has 2 N–H and O–H groups in total. The average Bonchev–Trinajstić information content (AvgIpc) is 3.75. The van der Waals surface area contributed by atoms with Crippen LogP contribution >= 0.6 is 11.6 Å². The summed E-state index contributed by atoms with van der Waals surface area (Å²) < 4.78 is 22.0. The summed E-state index contributed by atoms with van der Waals surface area (Å²) >= 11 is 6.12. The maximum absolute atomic E-state index is 15.4. The van der Waals surface area contributed by atoms with Gasteiger partial charge in [0.25, 0.3) is 11.8 Å². The lowest BCUT2D eigenvalue weighted by atomic mass is 9.85. The Kier molecular flexibility index (Phi) is 13.4. The third kappa shape index (κ3) is 9.80. The van der Waals surface area contributed by atoms with Gasteiger partial charge in [0.2, 0.25) is 5.91 Å². The Balaban J connectivity index is 1.30. The smallest absolute Gasteiger partial charge is 0.338 e. The molecule has 2 heterocycles. The molecule has 0 fully saturated rings. The second kappa shape index (κ2) is 18.8. The molecule has 1 aliphatic rings. The number of nitrogens with zero attached hydrogens (tertiary/aromatic N) is 7. The number of benzene rings is 4. The number of nitrogens with one attached hydrogen (secondary N) is 2. The minimum atomic E-state index is -1.11. The molecular formula is C42H43ClFN9O5. The predicted octanol–water partition coefficient (Wildman–Crippen LogP) is 4.91. The van der Waals surface area contributed by atoms with Crippen LogP contribution in [0.1, 0.15) is 43.4 Å². The maximum atomic E-state index is 15.4. The number of ether oxygens (including phenoxy) is 1. The van der Waals surface area contributed by atoms with Crippen molar-refractivity contribution in [2.45, 2.75) is 12.5 Å². The highest BCUT2D eigenvalue weighted by atomic mass is 35.5. The molecule has 1 aromatic heterocycles. The van der Waals surface area contributed by atoms with Crippen LogP contribution in [0.2, 0.25) is 5.02 Å². The SMILES string of the molecule is CN(C)CCNC(=O)c1ccc(-c2cccc3c2CCN(C(=O)/C=C/c2c(-n4cnnn4)ccc(Cl)c2F)C3C(=O)Nc2ccc(C(=O)OCCN(C)C)cc2)cc1. The van der Waals surface area contributed by atoms with Crippen molar-refractivity contribution in [2.75, 3.05) is 66.3 Å². The molecular weight excluding hydrogens is 765 g/mol. The number of esters is 1. The van der Waals surface area contributed by atoms with E-state index < -0.39 is 29.6 Å². The summed E-state index contributed by atoms with van der Waals surface area (Å²) in [6.45, 7) is 2.16. The Hall–Kier alpha value is -6.29. The minimum Gasteiger partial charge on any atom is -0.461 e. The summed E-state index contributed by atoms with van der Waals surface area (Å²) in [4.78, 5) is 59.1. The highest BCUT2D eigenvalue weighted by molar-refractivity contribution is 6.31. The van der Waals surface area contributed by atoms with E-state index in [0.29, 0.717) is 48.4 Å².